The van der Waals surface area contributed by atoms with E-state index in [1.165, 1.54) is 32.0 Å². The van der Waals surface area contributed by atoms with Gasteiger partial charge in [0.15, 0.2) is 5.82 Å². The fourth-order valence-corrected chi connectivity index (χ4v) is 1.95. The van der Waals surface area contributed by atoms with E-state index in [0.717, 1.165) is 4.90 Å². The molecule has 2 amide bonds. The van der Waals surface area contributed by atoms with Gasteiger partial charge in [0.1, 0.15) is 6.04 Å². The Morgan fingerprint density at radius 3 is 2.59 bits per heavy atom. The molecule has 0 saturated carbocycles. The molecular weight excluding hydrogens is 315 g/mol. The molecule has 0 saturated heterocycles. The number of halogens is 2. The average Bonchev–Trinajstić information content (AvgIpc) is 2.45. The van der Waals surface area contributed by atoms with Gasteiger partial charge in [0.2, 0.25) is 5.91 Å². The van der Waals surface area contributed by atoms with Crippen LogP contribution >= 0.6 is 11.6 Å². The molecule has 1 aromatic carbocycles. The minimum Gasteiger partial charge on any atom is -0.480 e. The zero-order valence-electron chi connectivity index (χ0n) is 12.1. The van der Waals surface area contributed by atoms with Crippen molar-refractivity contribution in [3.8, 4) is 0 Å². The first-order valence-electron chi connectivity index (χ1n) is 6.48. The maximum absolute atomic E-state index is 13.9. The van der Waals surface area contributed by atoms with Crippen LogP contribution in [0.2, 0.25) is 5.02 Å². The van der Waals surface area contributed by atoms with Crippen molar-refractivity contribution in [1.29, 1.82) is 0 Å². The molecule has 1 unspecified atom stereocenters. The maximum atomic E-state index is 13.9. The van der Waals surface area contributed by atoms with Crippen LogP contribution < -0.4 is 5.32 Å². The zero-order chi connectivity index (χ0) is 16.9. The number of amides is 2. The number of nitrogens with one attached hydrogen (secondary N) is 1. The topological polar surface area (TPSA) is 86.7 Å². The van der Waals surface area contributed by atoms with Crippen molar-refractivity contribution in [1.82, 2.24) is 10.2 Å². The third kappa shape index (κ3) is 4.42. The molecule has 0 aliphatic heterocycles. The van der Waals surface area contributed by atoms with Gasteiger partial charge in [-0.2, -0.15) is 0 Å². The smallest absolute Gasteiger partial charge is 0.326 e. The maximum Gasteiger partial charge on any atom is 0.326 e. The second-order valence-corrected chi connectivity index (χ2v) is 5.00. The number of carboxylic acids is 1. The standard InChI is InChI=1S/C14H16ClFN2O4/c1-8(14(21)22)18(7-6-17-9(2)19)13(20)10-4-3-5-11(15)12(10)16/h3-5,8H,6-7H2,1-2H3,(H,17,19)(H,21,22). The molecule has 8 heteroatoms. The van der Waals surface area contributed by atoms with Crippen LogP contribution in [0.5, 0.6) is 0 Å². The van der Waals surface area contributed by atoms with Crippen LogP contribution in [-0.2, 0) is 9.59 Å². The average molecular weight is 331 g/mol. The monoisotopic (exact) mass is 330 g/mol. The number of carbonyl (C=O) groups excluding carboxylic acids is 2. The minimum absolute atomic E-state index is 0.0564. The van der Waals surface area contributed by atoms with Crippen molar-refractivity contribution in [2.24, 2.45) is 0 Å². The van der Waals surface area contributed by atoms with E-state index >= 15 is 0 Å². The lowest BCUT2D eigenvalue weighted by Crippen LogP contribution is -2.47. The summed E-state index contributed by atoms with van der Waals surface area (Å²) < 4.78 is 13.9. The van der Waals surface area contributed by atoms with E-state index in [1.54, 1.807) is 0 Å². The highest BCUT2D eigenvalue weighted by Crippen LogP contribution is 2.20. The van der Waals surface area contributed by atoms with Crippen molar-refractivity contribution in [3.63, 3.8) is 0 Å². The van der Waals surface area contributed by atoms with Crippen LogP contribution in [0, 0.1) is 5.82 Å². The molecule has 1 rings (SSSR count). The van der Waals surface area contributed by atoms with Gasteiger partial charge in [0, 0.05) is 20.0 Å². The molecule has 0 heterocycles. The molecule has 0 spiro atoms. The number of hydrogen-bond donors (Lipinski definition) is 2. The highest BCUT2D eigenvalue weighted by molar-refractivity contribution is 6.31. The Labute approximate surface area is 131 Å². The van der Waals surface area contributed by atoms with E-state index in [9.17, 15) is 18.8 Å². The van der Waals surface area contributed by atoms with E-state index in [4.69, 9.17) is 16.7 Å². The Morgan fingerprint density at radius 1 is 1.41 bits per heavy atom. The van der Waals surface area contributed by atoms with Gasteiger partial charge in [-0.1, -0.05) is 17.7 Å². The zero-order valence-corrected chi connectivity index (χ0v) is 12.9. The van der Waals surface area contributed by atoms with Crippen LogP contribution in [0.15, 0.2) is 18.2 Å². The van der Waals surface area contributed by atoms with Crippen LogP contribution in [0.4, 0.5) is 4.39 Å². The first kappa shape index (κ1) is 17.9. The van der Waals surface area contributed by atoms with Crippen LogP contribution in [0.1, 0.15) is 24.2 Å². The van der Waals surface area contributed by atoms with Gasteiger partial charge in [-0.15, -0.1) is 0 Å². The number of hydrogen-bond acceptors (Lipinski definition) is 3. The van der Waals surface area contributed by atoms with Crippen LogP contribution in [0.3, 0.4) is 0 Å². The summed E-state index contributed by atoms with van der Waals surface area (Å²) in [6.45, 7) is 2.58. The third-order valence-electron chi connectivity index (χ3n) is 2.99. The Balaban J connectivity index is 3.03. The summed E-state index contributed by atoms with van der Waals surface area (Å²) in [4.78, 5) is 35.3. The summed E-state index contributed by atoms with van der Waals surface area (Å²) in [5.74, 6) is -3.26. The second-order valence-electron chi connectivity index (χ2n) is 4.60. The SMILES string of the molecule is CC(=O)NCCN(C(=O)c1cccc(Cl)c1F)C(C)C(=O)O. The molecule has 1 atom stereocenters. The number of nitrogens with zero attached hydrogens (tertiary/aromatic N) is 1. The summed E-state index contributed by atoms with van der Waals surface area (Å²) in [6, 6.07) is 2.73. The van der Waals surface area contributed by atoms with Gasteiger partial charge >= 0.3 is 5.97 Å². The van der Waals surface area contributed by atoms with Gasteiger partial charge in [0.05, 0.1) is 10.6 Å². The number of rotatable bonds is 6. The predicted molar refractivity (Wildman–Crippen MR) is 78.2 cm³/mol. The molecule has 0 aromatic heterocycles. The molecule has 0 fully saturated rings. The van der Waals surface area contributed by atoms with Crippen molar-refractivity contribution in [2.75, 3.05) is 13.1 Å². The normalized spacial score (nSPS) is 11.6. The third-order valence-corrected chi connectivity index (χ3v) is 3.29. The summed E-state index contributed by atoms with van der Waals surface area (Å²) in [5.41, 5.74) is -0.316. The molecule has 0 bridgehead atoms. The number of benzene rings is 1. The lowest BCUT2D eigenvalue weighted by Gasteiger charge is -2.27. The summed E-state index contributed by atoms with van der Waals surface area (Å²) in [5, 5.41) is 11.3. The predicted octanol–water partition coefficient (Wildman–Crippen LogP) is 1.53. The minimum atomic E-state index is -1.24. The van der Waals surface area contributed by atoms with E-state index in [1.807, 2.05) is 0 Å². The van der Waals surface area contributed by atoms with Crippen molar-refractivity contribution >= 4 is 29.4 Å². The van der Waals surface area contributed by atoms with Gasteiger partial charge < -0.3 is 15.3 Å². The Hall–Kier alpha value is -2.15. The lowest BCUT2D eigenvalue weighted by molar-refractivity contribution is -0.141. The fraction of sp³-hybridized carbons (Fsp3) is 0.357. The first-order chi connectivity index (χ1) is 10.3. The Morgan fingerprint density at radius 2 is 2.05 bits per heavy atom. The van der Waals surface area contributed by atoms with Crippen LogP contribution in [-0.4, -0.2) is 46.9 Å². The van der Waals surface area contributed by atoms with E-state index in [2.05, 4.69) is 5.32 Å². The summed E-state index contributed by atoms with van der Waals surface area (Å²) in [6.07, 6.45) is 0. The summed E-state index contributed by atoms with van der Waals surface area (Å²) >= 11 is 5.63. The van der Waals surface area contributed by atoms with Crippen molar-refractivity contribution in [3.05, 3.63) is 34.6 Å². The van der Waals surface area contributed by atoms with Crippen molar-refractivity contribution in [2.45, 2.75) is 19.9 Å². The molecule has 2 N–H and O–H groups in total. The number of aliphatic carboxylic acids is 1. The fourth-order valence-electron chi connectivity index (χ4n) is 1.78. The molecule has 120 valence electrons. The molecule has 0 radical (unpaired) electrons. The molecule has 0 aliphatic rings. The quantitative estimate of drug-likeness (QED) is 0.828. The van der Waals surface area contributed by atoms with E-state index in [-0.39, 0.29) is 29.6 Å². The van der Waals surface area contributed by atoms with Gasteiger partial charge in [-0.25, -0.2) is 9.18 Å². The molecule has 1 aromatic rings. The second kappa shape index (κ2) is 7.74. The Kier molecular flexibility index (Phi) is 6.30. The van der Waals surface area contributed by atoms with Gasteiger partial charge in [-0.05, 0) is 19.1 Å². The van der Waals surface area contributed by atoms with E-state index < -0.39 is 23.7 Å². The molecule has 22 heavy (non-hydrogen) atoms. The number of carbonyl (C=O) groups is 3. The van der Waals surface area contributed by atoms with E-state index in [0.29, 0.717) is 0 Å². The molecule has 6 nitrogen and oxygen atoms in total. The molecular formula is C14H16ClFN2O4. The van der Waals surface area contributed by atoms with Gasteiger partial charge in [0.25, 0.3) is 5.91 Å². The largest absolute Gasteiger partial charge is 0.480 e. The summed E-state index contributed by atoms with van der Waals surface area (Å²) in [7, 11) is 0. The van der Waals surface area contributed by atoms with Crippen LogP contribution in [0.25, 0.3) is 0 Å². The molecule has 0 aliphatic carbocycles. The highest BCUT2D eigenvalue weighted by atomic mass is 35.5. The van der Waals surface area contributed by atoms with Gasteiger partial charge in [-0.3, -0.25) is 9.59 Å². The number of carboxylic acid groups (broad SMARTS) is 1. The highest BCUT2D eigenvalue weighted by Gasteiger charge is 2.28. The first-order valence-corrected chi connectivity index (χ1v) is 6.85. The lowest BCUT2D eigenvalue weighted by atomic mass is 10.1. The van der Waals surface area contributed by atoms with Crippen molar-refractivity contribution < 1.29 is 23.9 Å². The Bertz CT molecular complexity index is 594.